The lowest BCUT2D eigenvalue weighted by molar-refractivity contribution is 0.478. The van der Waals surface area contributed by atoms with Crippen LogP contribution in [0.1, 0.15) is 43.1 Å². The van der Waals surface area contributed by atoms with E-state index in [0.29, 0.717) is 18.3 Å². The second-order valence-corrected chi connectivity index (χ2v) is 8.88. The molecule has 0 radical (unpaired) electrons. The standard InChI is InChI=1S/C22H24N6O2S/c1-16(19-23-24-20(30-19)17-9-4-2-5-10-17)31-22-26-25-21(27-12-6-3-7-13-27)28(22)15-18-11-8-14-29-18/h2,4-5,8-11,14,16H,3,6-7,12-13,15H2,1H3. The molecule has 0 aliphatic carbocycles. The van der Waals surface area contributed by atoms with Gasteiger partial charge >= 0.3 is 0 Å². The van der Waals surface area contributed by atoms with Gasteiger partial charge in [-0.3, -0.25) is 4.57 Å². The topological polar surface area (TPSA) is 86.0 Å². The number of rotatable bonds is 7. The van der Waals surface area contributed by atoms with E-state index in [1.165, 1.54) is 19.3 Å². The minimum absolute atomic E-state index is 0.0706. The van der Waals surface area contributed by atoms with Crippen molar-refractivity contribution in [1.29, 1.82) is 0 Å². The van der Waals surface area contributed by atoms with E-state index in [1.807, 2.05) is 49.4 Å². The molecule has 4 heterocycles. The van der Waals surface area contributed by atoms with Gasteiger partial charge in [0.1, 0.15) is 5.76 Å². The van der Waals surface area contributed by atoms with Crippen LogP contribution in [0.3, 0.4) is 0 Å². The van der Waals surface area contributed by atoms with E-state index in [4.69, 9.17) is 8.83 Å². The third-order valence-electron chi connectivity index (χ3n) is 5.32. The number of thioether (sulfide) groups is 1. The van der Waals surface area contributed by atoms with Crippen LogP contribution >= 0.6 is 11.8 Å². The Labute approximate surface area is 184 Å². The van der Waals surface area contributed by atoms with Crippen molar-refractivity contribution in [3.8, 4) is 11.5 Å². The molecular weight excluding hydrogens is 412 g/mol. The van der Waals surface area contributed by atoms with Crippen molar-refractivity contribution in [3.05, 3.63) is 60.4 Å². The minimum atomic E-state index is -0.0706. The van der Waals surface area contributed by atoms with Crippen LogP contribution in [0.4, 0.5) is 5.95 Å². The summed E-state index contributed by atoms with van der Waals surface area (Å²) in [6, 6.07) is 13.7. The van der Waals surface area contributed by atoms with Gasteiger partial charge in [0.2, 0.25) is 17.7 Å². The number of hydrogen-bond donors (Lipinski definition) is 0. The molecule has 9 heteroatoms. The molecule has 1 aliphatic heterocycles. The van der Waals surface area contributed by atoms with E-state index >= 15 is 0 Å². The monoisotopic (exact) mass is 436 g/mol. The highest BCUT2D eigenvalue weighted by molar-refractivity contribution is 7.99. The molecule has 4 aromatic rings. The van der Waals surface area contributed by atoms with E-state index in [2.05, 4.69) is 29.9 Å². The fourth-order valence-corrected chi connectivity index (χ4v) is 4.57. The number of aromatic nitrogens is 5. The van der Waals surface area contributed by atoms with Crippen LogP contribution < -0.4 is 4.90 Å². The van der Waals surface area contributed by atoms with Gasteiger partial charge in [-0.15, -0.1) is 20.4 Å². The Morgan fingerprint density at radius 1 is 0.968 bits per heavy atom. The molecule has 31 heavy (non-hydrogen) atoms. The summed E-state index contributed by atoms with van der Waals surface area (Å²) in [5.41, 5.74) is 0.909. The number of furan rings is 1. The zero-order chi connectivity index (χ0) is 21.0. The highest BCUT2D eigenvalue weighted by Gasteiger charge is 2.24. The van der Waals surface area contributed by atoms with Crippen molar-refractivity contribution in [3.63, 3.8) is 0 Å². The van der Waals surface area contributed by atoms with Gasteiger partial charge in [0.05, 0.1) is 18.1 Å². The fraction of sp³-hybridized carbons (Fsp3) is 0.364. The Morgan fingerprint density at radius 3 is 2.58 bits per heavy atom. The van der Waals surface area contributed by atoms with Crippen molar-refractivity contribution in [1.82, 2.24) is 25.0 Å². The molecule has 1 unspecified atom stereocenters. The molecule has 0 amide bonds. The third kappa shape index (κ3) is 4.36. The molecule has 5 rings (SSSR count). The first-order valence-corrected chi connectivity index (χ1v) is 11.4. The molecule has 8 nitrogen and oxygen atoms in total. The minimum Gasteiger partial charge on any atom is -0.467 e. The summed E-state index contributed by atoms with van der Waals surface area (Å²) in [5, 5.41) is 18.3. The number of piperidine rings is 1. The smallest absolute Gasteiger partial charge is 0.247 e. The van der Waals surface area contributed by atoms with Crippen LogP contribution in [-0.4, -0.2) is 38.1 Å². The van der Waals surface area contributed by atoms with Gasteiger partial charge in [0.15, 0.2) is 5.16 Å². The first kappa shape index (κ1) is 19.9. The number of benzene rings is 1. The Hall–Kier alpha value is -3.07. The molecular formula is C22H24N6O2S. The maximum absolute atomic E-state index is 5.94. The molecule has 0 N–H and O–H groups in total. The highest BCUT2D eigenvalue weighted by Crippen LogP contribution is 2.36. The molecule has 0 spiro atoms. The van der Waals surface area contributed by atoms with Crippen LogP contribution in [0.25, 0.3) is 11.5 Å². The van der Waals surface area contributed by atoms with Crippen molar-refractivity contribution < 1.29 is 8.83 Å². The van der Waals surface area contributed by atoms with Crippen LogP contribution in [0, 0.1) is 0 Å². The Balaban J connectivity index is 1.39. The van der Waals surface area contributed by atoms with Gasteiger partial charge in [-0.25, -0.2) is 0 Å². The lowest BCUT2D eigenvalue weighted by atomic mass is 10.1. The molecule has 1 saturated heterocycles. The maximum Gasteiger partial charge on any atom is 0.247 e. The number of hydrogen-bond acceptors (Lipinski definition) is 8. The van der Waals surface area contributed by atoms with Crippen LogP contribution in [0.2, 0.25) is 0 Å². The van der Waals surface area contributed by atoms with Gasteiger partial charge in [-0.05, 0) is 50.5 Å². The Kier molecular flexibility index (Phi) is 5.75. The molecule has 1 fully saturated rings. The lowest BCUT2D eigenvalue weighted by Crippen LogP contribution is -2.32. The van der Waals surface area contributed by atoms with Crippen molar-refractivity contribution in [2.75, 3.05) is 18.0 Å². The predicted octanol–water partition coefficient (Wildman–Crippen LogP) is 4.81. The zero-order valence-electron chi connectivity index (χ0n) is 17.3. The zero-order valence-corrected chi connectivity index (χ0v) is 18.2. The normalized spacial score (nSPS) is 15.3. The fourth-order valence-electron chi connectivity index (χ4n) is 3.70. The largest absolute Gasteiger partial charge is 0.467 e. The molecule has 160 valence electrons. The SMILES string of the molecule is CC(Sc1nnc(N2CCCCC2)n1Cc1ccco1)c1nnc(-c2ccccc2)o1. The average molecular weight is 437 g/mol. The van der Waals surface area contributed by atoms with E-state index < -0.39 is 0 Å². The lowest BCUT2D eigenvalue weighted by Gasteiger charge is -2.27. The van der Waals surface area contributed by atoms with Crippen molar-refractivity contribution >= 4 is 17.7 Å². The summed E-state index contributed by atoms with van der Waals surface area (Å²) in [7, 11) is 0. The highest BCUT2D eigenvalue weighted by atomic mass is 32.2. The van der Waals surface area contributed by atoms with Gasteiger partial charge < -0.3 is 13.7 Å². The second kappa shape index (κ2) is 8.97. The first-order chi connectivity index (χ1) is 15.3. The summed E-state index contributed by atoms with van der Waals surface area (Å²) in [5.74, 6) is 2.85. The van der Waals surface area contributed by atoms with Gasteiger partial charge in [0, 0.05) is 18.7 Å². The summed E-state index contributed by atoms with van der Waals surface area (Å²) in [4.78, 5) is 2.31. The first-order valence-electron chi connectivity index (χ1n) is 10.5. The van der Waals surface area contributed by atoms with E-state index in [-0.39, 0.29) is 5.25 Å². The number of anilines is 1. The molecule has 0 bridgehead atoms. The summed E-state index contributed by atoms with van der Waals surface area (Å²) in [6.45, 7) is 4.63. The molecule has 0 saturated carbocycles. The molecule has 1 aliphatic rings. The molecule has 3 aromatic heterocycles. The van der Waals surface area contributed by atoms with Crippen LogP contribution in [0.15, 0.2) is 62.7 Å². The summed E-state index contributed by atoms with van der Waals surface area (Å²) < 4.78 is 13.7. The van der Waals surface area contributed by atoms with Crippen LogP contribution in [-0.2, 0) is 6.54 Å². The van der Waals surface area contributed by atoms with E-state index in [1.54, 1.807) is 18.0 Å². The third-order valence-corrected chi connectivity index (χ3v) is 6.39. The van der Waals surface area contributed by atoms with Crippen molar-refractivity contribution in [2.45, 2.75) is 43.1 Å². The molecule has 1 atom stereocenters. The number of nitrogens with zero attached hydrogens (tertiary/aromatic N) is 6. The summed E-state index contributed by atoms with van der Waals surface area (Å²) >= 11 is 1.56. The van der Waals surface area contributed by atoms with Gasteiger partial charge in [-0.2, -0.15) is 0 Å². The maximum atomic E-state index is 5.94. The average Bonchev–Trinajstić information content (AvgIpc) is 3.57. The summed E-state index contributed by atoms with van der Waals surface area (Å²) in [6.07, 6.45) is 5.31. The Bertz CT molecular complexity index is 1100. The van der Waals surface area contributed by atoms with E-state index in [9.17, 15) is 0 Å². The quantitative estimate of drug-likeness (QED) is 0.381. The molecule has 1 aromatic carbocycles. The van der Waals surface area contributed by atoms with Gasteiger partial charge in [0.25, 0.3) is 0 Å². The van der Waals surface area contributed by atoms with E-state index in [0.717, 1.165) is 35.5 Å². The van der Waals surface area contributed by atoms with Gasteiger partial charge in [-0.1, -0.05) is 30.0 Å². The predicted molar refractivity (Wildman–Crippen MR) is 118 cm³/mol. The van der Waals surface area contributed by atoms with Crippen LogP contribution in [0.5, 0.6) is 0 Å². The van der Waals surface area contributed by atoms with Crippen molar-refractivity contribution in [2.24, 2.45) is 0 Å². The second-order valence-electron chi connectivity index (χ2n) is 7.57. The Morgan fingerprint density at radius 2 is 1.81 bits per heavy atom.